The average Bonchev–Trinajstić information content (AvgIpc) is 2.02. The molecule has 0 radical (unpaired) electrons. The minimum atomic E-state index is -0.683. The zero-order valence-electron chi connectivity index (χ0n) is 7.08. The minimum Gasteiger partial charge on any atom is -0.276 e. The highest BCUT2D eigenvalue weighted by Gasteiger charge is 2.21. The number of rotatable bonds is 2. The smallest absolute Gasteiger partial charge is 0.276 e. The molecule has 0 aliphatic carbocycles. The van der Waals surface area contributed by atoms with Crippen molar-refractivity contribution in [2.24, 2.45) is 0 Å². The van der Waals surface area contributed by atoms with Crippen LogP contribution in [0.3, 0.4) is 0 Å². The van der Waals surface area contributed by atoms with Gasteiger partial charge < -0.3 is 0 Å². The Kier molecular flexibility index (Phi) is 3.43. The van der Waals surface area contributed by atoms with Gasteiger partial charge in [-0.1, -0.05) is 6.07 Å². The van der Waals surface area contributed by atoms with Crippen LogP contribution in [-0.4, -0.2) is 10.2 Å². The number of carbonyl (C=O) groups is 1. The maximum Gasteiger partial charge on any atom is 0.286 e. The number of carbonyl (C=O) groups excluding carboxylic acids is 1. The highest BCUT2D eigenvalue weighted by molar-refractivity contribution is 14.1. The number of nitro benzene ring substituents is 1. The van der Waals surface area contributed by atoms with Gasteiger partial charge in [0.1, 0.15) is 3.57 Å². The topological polar surface area (TPSA) is 60.2 Å². The summed E-state index contributed by atoms with van der Waals surface area (Å²) >= 11 is 7.02. The van der Waals surface area contributed by atoms with Crippen molar-refractivity contribution in [3.8, 4) is 0 Å². The molecule has 4 nitrogen and oxygen atoms in total. The van der Waals surface area contributed by atoms with Crippen LogP contribution in [0.1, 0.15) is 15.9 Å². The normalized spacial score (nSPS) is 9.93. The van der Waals surface area contributed by atoms with Crippen molar-refractivity contribution in [1.82, 2.24) is 0 Å². The van der Waals surface area contributed by atoms with Crippen LogP contribution in [0.2, 0.25) is 0 Å². The number of halogens is 2. The number of nitro groups is 1. The molecule has 0 saturated carbocycles. The summed E-state index contributed by atoms with van der Waals surface area (Å²) in [5.41, 5.74) is 0.628. The standard InChI is InChI=1S/C8H5ClINO3/c1-4-2-3-5(8(9)12)6(10)7(4)11(13)14/h2-3H,1H3. The number of benzene rings is 1. The molecule has 0 unspecified atom stereocenters. The maximum absolute atomic E-state index is 10.9. The summed E-state index contributed by atoms with van der Waals surface area (Å²) in [6.45, 7) is 1.61. The van der Waals surface area contributed by atoms with E-state index in [0.717, 1.165) is 0 Å². The highest BCUT2D eigenvalue weighted by Crippen LogP contribution is 2.28. The molecule has 14 heavy (non-hydrogen) atoms. The van der Waals surface area contributed by atoms with Crippen molar-refractivity contribution in [1.29, 1.82) is 0 Å². The van der Waals surface area contributed by atoms with Crippen molar-refractivity contribution in [3.63, 3.8) is 0 Å². The van der Waals surface area contributed by atoms with E-state index in [1.807, 2.05) is 0 Å². The fraction of sp³-hybridized carbons (Fsp3) is 0.125. The lowest BCUT2D eigenvalue weighted by Gasteiger charge is -2.02. The van der Waals surface area contributed by atoms with Crippen molar-refractivity contribution in [3.05, 3.63) is 36.9 Å². The number of nitrogens with zero attached hydrogens (tertiary/aromatic N) is 1. The molecule has 1 aromatic rings. The molecular weight excluding hydrogens is 320 g/mol. The van der Waals surface area contributed by atoms with E-state index in [0.29, 0.717) is 5.56 Å². The molecule has 0 heterocycles. The summed E-state index contributed by atoms with van der Waals surface area (Å²) in [5.74, 6) is 0. The monoisotopic (exact) mass is 325 g/mol. The lowest BCUT2D eigenvalue weighted by molar-refractivity contribution is -0.386. The quantitative estimate of drug-likeness (QED) is 0.363. The Morgan fingerprint density at radius 2 is 2.14 bits per heavy atom. The summed E-state index contributed by atoms with van der Waals surface area (Å²) in [6.07, 6.45) is 0. The van der Waals surface area contributed by atoms with Gasteiger partial charge in [0.25, 0.3) is 10.9 Å². The van der Waals surface area contributed by atoms with Gasteiger partial charge in [-0.2, -0.15) is 0 Å². The second-order valence-electron chi connectivity index (χ2n) is 2.62. The zero-order chi connectivity index (χ0) is 10.9. The summed E-state index contributed by atoms with van der Waals surface area (Å²) in [7, 11) is 0. The van der Waals surface area contributed by atoms with Crippen LogP contribution >= 0.6 is 34.2 Å². The zero-order valence-corrected chi connectivity index (χ0v) is 10.00. The predicted molar refractivity (Wildman–Crippen MR) is 60.7 cm³/mol. The molecule has 0 amide bonds. The molecule has 0 spiro atoms. The van der Waals surface area contributed by atoms with Crippen LogP contribution < -0.4 is 0 Å². The first kappa shape index (κ1) is 11.4. The molecule has 1 rings (SSSR count). The van der Waals surface area contributed by atoms with E-state index in [1.54, 1.807) is 29.5 Å². The fourth-order valence-corrected chi connectivity index (χ4v) is 2.40. The van der Waals surface area contributed by atoms with E-state index in [1.165, 1.54) is 12.1 Å². The Morgan fingerprint density at radius 3 is 2.57 bits per heavy atom. The van der Waals surface area contributed by atoms with Crippen molar-refractivity contribution in [2.45, 2.75) is 6.92 Å². The first-order chi connectivity index (χ1) is 6.45. The van der Waals surface area contributed by atoms with E-state index < -0.39 is 10.2 Å². The third kappa shape index (κ3) is 2.03. The molecule has 0 atom stereocenters. The Labute approximate surface area is 98.5 Å². The highest BCUT2D eigenvalue weighted by atomic mass is 127. The van der Waals surface area contributed by atoms with Gasteiger partial charge in [-0.05, 0) is 47.2 Å². The van der Waals surface area contributed by atoms with Crippen LogP contribution in [0, 0.1) is 20.6 Å². The van der Waals surface area contributed by atoms with Gasteiger partial charge in [0.2, 0.25) is 0 Å². The Balaban J connectivity index is 3.49. The molecule has 0 aliphatic heterocycles. The summed E-state index contributed by atoms with van der Waals surface area (Å²) in [4.78, 5) is 21.0. The molecule has 0 saturated heterocycles. The van der Waals surface area contributed by atoms with Gasteiger partial charge in [-0.15, -0.1) is 0 Å². The fourth-order valence-electron chi connectivity index (χ4n) is 1.04. The molecule has 0 bridgehead atoms. The summed E-state index contributed by atoms with van der Waals surface area (Å²) < 4.78 is 0.285. The van der Waals surface area contributed by atoms with Crippen LogP contribution in [-0.2, 0) is 0 Å². The SMILES string of the molecule is Cc1ccc(C(=O)Cl)c(I)c1[N+](=O)[O-]. The molecule has 0 N–H and O–H groups in total. The third-order valence-corrected chi connectivity index (χ3v) is 3.01. The van der Waals surface area contributed by atoms with Gasteiger partial charge in [0.05, 0.1) is 10.5 Å². The van der Waals surface area contributed by atoms with E-state index in [-0.39, 0.29) is 14.8 Å². The van der Waals surface area contributed by atoms with Crippen molar-refractivity contribution in [2.75, 3.05) is 0 Å². The Morgan fingerprint density at radius 1 is 1.57 bits per heavy atom. The minimum absolute atomic E-state index is 0.0582. The second-order valence-corrected chi connectivity index (χ2v) is 4.05. The largest absolute Gasteiger partial charge is 0.286 e. The number of hydrogen-bond acceptors (Lipinski definition) is 3. The molecule has 0 aliphatic rings. The van der Waals surface area contributed by atoms with Crippen LogP contribution in [0.5, 0.6) is 0 Å². The Bertz CT molecular complexity index is 419. The first-order valence-corrected chi connectivity index (χ1v) is 5.04. The van der Waals surface area contributed by atoms with Gasteiger partial charge >= 0.3 is 0 Å². The van der Waals surface area contributed by atoms with Gasteiger partial charge in [-0.3, -0.25) is 14.9 Å². The maximum atomic E-state index is 10.9. The molecule has 0 aromatic heterocycles. The van der Waals surface area contributed by atoms with Gasteiger partial charge in [-0.25, -0.2) is 0 Å². The molecule has 74 valence electrons. The lowest BCUT2D eigenvalue weighted by Crippen LogP contribution is -2.01. The van der Waals surface area contributed by atoms with Crippen LogP contribution in [0.4, 0.5) is 5.69 Å². The third-order valence-electron chi connectivity index (χ3n) is 1.71. The second kappa shape index (κ2) is 4.22. The molecule has 1 aromatic carbocycles. The van der Waals surface area contributed by atoms with E-state index in [9.17, 15) is 14.9 Å². The predicted octanol–water partition coefficient (Wildman–Crippen LogP) is 2.89. The average molecular weight is 325 g/mol. The summed E-state index contributed by atoms with van der Waals surface area (Å²) in [5, 5.41) is 9.98. The van der Waals surface area contributed by atoms with Gasteiger partial charge in [0, 0.05) is 5.56 Å². The van der Waals surface area contributed by atoms with Crippen molar-refractivity contribution < 1.29 is 9.72 Å². The Hall–Kier alpha value is -0.690. The van der Waals surface area contributed by atoms with E-state index in [2.05, 4.69) is 0 Å². The van der Waals surface area contributed by atoms with Crippen LogP contribution in [0.25, 0.3) is 0 Å². The molecule has 6 heteroatoms. The first-order valence-electron chi connectivity index (χ1n) is 3.58. The van der Waals surface area contributed by atoms with E-state index >= 15 is 0 Å². The molecule has 0 fully saturated rings. The van der Waals surface area contributed by atoms with E-state index in [4.69, 9.17) is 11.6 Å². The number of hydrogen-bond donors (Lipinski definition) is 0. The van der Waals surface area contributed by atoms with Crippen molar-refractivity contribution >= 4 is 45.1 Å². The van der Waals surface area contributed by atoms with Gasteiger partial charge in [0.15, 0.2) is 0 Å². The summed E-state index contributed by atoms with van der Waals surface area (Å²) in [6, 6.07) is 3.00. The van der Waals surface area contributed by atoms with Crippen LogP contribution in [0.15, 0.2) is 12.1 Å². The lowest BCUT2D eigenvalue weighted by atomic mass is 10.1. The molecular formula is C8H5ClINO3. The number of aryl methyl sites for hydroxylation is 1.